The molecule has 0 saturated heterocycles. The minimum Gasteiger partial charge on any atom is -0.493 e. The fraction of sp³-hybridized carbons (Fsp3) is 0.243. The van der Waals surface area contributed by atoms with Crippen molar-refractivity contribution in [3.05, 3.63) is 99.0 Å². The number of hydrogen-bond acceptors (Lipinski definition) is 10. The molecule has 0 fully saturated rings. The molecular formula is C37H34N2O9. The van der Waals surface area contributed by atoms with Crippen LogP contribution in [0.1, 0.15) is 52.5 Å². The van der Waals surface area contributed by atoms with Crippen molar-refractivity contribution in [2.45, 2.75) is 32.8 Å². The number of esters is 1. The molecule has 2 aromatic heterocycles. The average Bonchev–Trinajstić information content (AvgIpc) is 3.09. The number of aromatic nitrogens is 1. The Labute approximate surface area is 276 Å². The molecule has 6 rings (SSSR count). The maximum absolute atomic E-state index is 14.0. The summed E-state index contributed by atoms with van der Waals surface area (Å²) in [5, 5.41) is 3.84. The van der Waals surface area contributed by atoms with Gasteiger partial charge in [-0.2, -0.15) is 0 Å². The van der Waals surface area contributed by atoms with E-state index in [2.05, 4.69) is 5.32 Å². The number of pyridine rings is 1. The second-order valence-corrected chi connectivity index (χ2v) is 11.0. The number of benzene rings is 3. The van der Waals surface area contributed by atoms with Gasteiger partial charge in [-0.25, -0.2) is 19.4 Å². The first-order valence-corrected chi connectivity index (χ1v) is 15.4. The smallest absolute Gasteiger partial charge is 0.411 e. The Balaban J connectivity index is 1.36. The Morgan fingerprint density at radius 2 is 1.69 bits per heavy atom. The van der Waals surface area contributed by atoms with Crippen molar-refractivity contribution in [1.82, 2.24) is 4.98 Å². The van der Waals surface area contributed by atoms with E-state index in [-0.39, 0.29) is 18.8 Å². The molecule has 1 N–H and O–H groups in total. The molecule has 0 spiro atoms. The Morgan fingerprint density at radius 1 is 0.917 bits per heavy atom. The SMILES string of the molecule is CCOC(=O)Nc1ccc2c(COC(=O)c3c4c(nc5ccccc35)/C(=C/c3cc(OC)c(OC)c(OC)c3)CCC4)cc(=O)oc2c1. The molecule has 0 radical (unpaired) electrons. The summed E-state index contributed by atoms with van der Waals surface area (Å²) in [5.74, 6) is 1.04. The molecule has 0 saturated carbocycles. The standard InChI is InChI=1S/C37H34N2O9/c1-5-46-37(42)38-24-13-14-25-23(18-32(40)48-29(25)19-24)20-47-36(41)33-26-10-6-7-12-28(26)39-34-22(9-8-11-27(33)34)15-21-16-30(43-2)35(45-4)31(17-21)44-3/h6-7,10,12-19H,5,8-9,11,20H2,1-4H3,(H,38,42)/b22-15+. The lowest BCUT2D eigenvalue weighted by molar-refractivity contribution is 0.0474. The topological polar surface area (TPSA) is 135 Å². The third-order valence-electron chi connectivity index (χ3n) is 8.11. The zero-order valence-electron chi connectivity index (χ0n) is 27.0. The van der Waals surface area contributed by atoms with Gasteiger partial charge in [-0.05, 0) is 79.3 Å². The van der Waals surface area contributed by atoms with Crippen molar-refractivity contribution in [3.8, 4) is 17.2 Å². The summed E-state index contributed by atoms with van der Waals surface area (Å²) in [7, 11) is 4.70. The number of nitrogens with zero attached hydrogens (tertiary/aromatic N) is 1. The second kappa shape index (κ2) is 13.9. The molecule has 11 nitrogen and oxygen atoms in total. The number of carbonyl (C=O) groups is 2. The molecule has 246 valence electrons. The minimum atomic E-state index is -0.626. The quantitative estimate of drug-likeness (QED) is 0.129. The van der Waals surface area contributed by atoms with Crippen LogP contribution in [0.25, 0.3) is 33.5 Å². The molecule has 0 unspecified atom stereocenters. The first kappa shape index (κ1) is 32.1. The summed E-state index contributed by atoms with van der Waals surface area (Å²) in [5.41, 5.74) is 4.91. The summed E-state index contributed by atoms with van der Waals surface area (Å²) in [4.78, 5) is 43.3. The van der Waals surface area contributed by atoms with E-state index in [1.54, 1.807) is 40.4 Å². The number of anilines is 1. The largest absolute Gasteiger partial charge is 0.493 e. The summed E-state index contributed by atoms with van der Waals surface area (Å²) in [6.07, 6.45) is 3.59. The normalized spacial score (nSPS) is 13.2. The van der Waals surface area contributed by atoms with Crippen molar-refractivity contribution in [2.75, 3.05) is 33.3 Å². The van der Waals surface area contributed by atoms with Gasteiger partial charge >= 0.3 is 17.7 Å². The van der Waals surface area contributed by atoms with E-state index in [0.29, 0.717) is 56.8 Å². The molecule has 1 amide bonds. The highest BCUT2D eigenvalue weighted by molar-refractivity contribution is 6.07. The molecule has 3 aromatic carbocycles. The van der Waals surface area contributed by atoms with Crippen molar-refractivity contribution in [2.24, 2.45) is 0 Å². The molecule has 1 aliphatic rings. The number of ether oxygens (including phenoxy) is 5. The third-order valence-corrected chi connectivity index (χ3v) is 8.11. The van der Waals surface area contributed by atoms with Crippen molar-refractivity contribution in [1.29, 1.82) is 0 Å². The molecule has 11 heteroatoms. The highest BCUT2D eigenvalue weighted by Gasteiger charge is 2.27. The van der Waals surface area contributed by atoms with Crippen LogP contribution in [0.4, 0.5) is 10.5 Å². The number of methoxy groups -OCH3 is 3. The molecular weight excluding hydrogens is 616 g/mol. The van der Waals surface area contributed by atoms with Crippen LogP contribution in [-0.2, 0) is 22.5 Å². The summed E-state index contributed by atoms with van der Waals surface area (Å²) in [6.45, 7) is 1.74. The second-order valence-electron chi connectivity index (χ2n) is 11.0. The number of allylic oxidation sites excluding steroid dienone is 1. The predicted molar refractivity (Wildman–Crippen MR) is 181 cm³/mol. The zero-order chi connectivity index (χ0) is 33.8. The van der Waals surface area contributed by atoms with E-state index in [9.17, 15) is 14.4 Å². The maximum Gasteiger partial charge on any atom is 0.411 e. The first-order valence-electron chi connectivity index (χ1n) is 15.4. The van der Waals surface area contributed by atoms with E-state index in [0.717, 1.165) is 35.2 Å². The highest BCUT2D eigenvalue weighted by atomic mass is 16.5. The Hall–Kier alpha value is -5.84. The predicted octanol–water partition coefficient (Wildman–Crippen LogP) is 7.17. The molecule has 0 bridgehead atoms. The van der Waals surface area contributed by atoms with Gasteiger partial charge in [-0.1, -0.05) is 18.2 Å². The van der Waals surface area contributed by atoms with Crippen LogP contribution < -0.4 is 25.2 Å². The van der Waals surface area contributed by atoms with Gasteiger partial charge in [0.1, 0.15) is 12.2 Å². The van der Waals surface area contributed by atoms with Crippen LogP contribution in [0.3, 0.4) is 0 Å². The van der Waals surface area contributed by atoms with Crippen LogP contribution in [0.15, 0.2) is 69.9 Å². The minimum absolute atomic E-state index is 0.175. The number of para-hydroxylation sites is 1. The van der Waals surface area contributed by atoms with Gasteiger partial charge in [0.05, 0.1) is 44.7 Å². The lowest BCUT2D eigenvalue weighted by Gasteiger charge is -2.23. The zero-order valence-corrected chi connectivity index (χ0v) is 27.0. The van der Waals surface area contributed by atoms with Gasteiger partial charge in [0, 0.05) is 34.2 Å². The van der Waals surface area contributed by atoms with Gasteiger partial charge in [0.25, 0.3) is 0 Å². The van der Waals surface area contributed by atoms with Gasteiger partial charge in [-0.3, -0.25) is 5.32 Å². The van der Waals surface area contributed by atoms with Crippen LogP contribution in [0.5, 0.6) is 17.2 Å². The number of fused-ring (bicyclic) bond motifs is 3. The fourth-order valence-electron chi connectivity index (χ4n) is 6.02. The maximum atomic E-state index is 14.0. The first-order chi connectivity index (χ1) is 23.3. The molecule has 2 heterocycles. The molecule has 5 aromatic rings. The van der Waals surface area contributed by atoms with Crippen molar-refractivity contribution >= 4 is 51.3 Å². The van der Waals surface area contributed by atoms with Crippen LogP contribution in [-0.4, -0.2) is 45.0 Å². The lowest BCUT2D eigenvalue weighted by Crippen LogP contribution is -2.16. The Kier molecular flexibility index (Phi) is 9.29. The van der Waals surface area contributed by atoms with E-state index in [4.69, 9.17) is 33.1 Å². The van der Waals surface area contributed by atoms with Crippen LogP contribution in [0, 0.1) is 0 Å². The van der Waals surface area contributed by atoms with Crippen LogP contribution >= 0.6 is 0 Å². The third kappa shape index (κ3) is 6.39. The number of nitrogens with one attached hydrogen (secondary N) is 1. The monoisotopic (exact) mass is 650 g/mol. The fourth-order valence-corrected chi connectivity index (χ4v) is 6.02. The average molecular weight is 651 g/mol. The van der Waals surface area contributed by atoms with Gasteiger partial charge < -0.3 is 28.1 Å². The van der Waals surface area contributed by atoms with Crippen molar-refractivity contribution < 1.29 is 37.7 Å². The van der Waals surface area contributed by atoms with E-state index >= 15 is 0 Å². The highest BCUT2D eigenvalue weighted by Crippen LogP contribution is 2.41. The summed E-state index contributed by atoms with van der Waals surface area (Å²) >= 11 is 0. The van der Waals surface area contributed by atoms with Gasteiger partial charge in [0.15, 0.2) is 11.5 Å². The summed E-state index contributed by atoms with van der Waals surface area (Å²) < 4.78 is 32.8. The molecule has 1 aliphatic carbocycles. The Morgan fingerprint density at radius 3 is 2.42 bits per heavy atom. The van der Waals surface area contributed by atoms with E-state index in [1.165, 1.54) is 12.1 Å². The molecule has 0 aliphatic heterocycles. The van der Waals surface area contributed by atoms with E-state index in [1.807, 2.05) is 42.5 Å². The number of rotatable bonds is 9. The number of hydrogen-bond donors (Lipinski definition) is 1. The van der Waals surface area contributed by atoms with Gasteiger partial charge in [-0.15, -0.1) is 0 Å². The Bertz CT molecular complexity index is 2110. The number of amides is 1. The summed E-state index contributed by atoms with van der Waals surface area (Å²) in [6, 6.07) is 17.4. The lowest BCUT2D eigenvalue weighted by atomic mass is 9.86. The van der Waals surface area contributed by atoms with Gasteiger partial charge in [0.2, 0.25) is 5.75 Å². The van der Waals surface area contributed by atoms with Crippen LogP contribution in [0.2, 0.25) is 0 Å². The molecule has 48 heavy (non-hydrogen) atoms. The van der Waals surface area contributed by atoms with E-state index < -0.39 is 17.7 Å². The van der Waals surface area contributed by atoms with Crippen molar-refractivity contribution in [3.63, 3.8) is 0 Å². The molecule has 0 atom stereocenters. The number of carbonyl (C=O) groups excluding carboxylic acids is 2.